The highest BCUT2D eigenvalue weighted by Crippen LogP contribution is 2.11. The van der Waals surface area contributed by atoms with Crippen LogP contribution in [0.1, 0.15) is 15.9 Å². The zero-order chi connectivity index (χ0) is 11.4. The smallest absolute Gasteiger partial charge is 0.255 e. The van der Waals surface area contributed by atoms with Crippen LogP contribution in [-0.2, 0) is 0 Å². The van der Waals surface area contributed by atoms with Gasteiger partial charge in [-0.2, -0.15) is 0 Å². The van der Waals surface area contributed by atoms with E-state index in [1.54, 1.807) is 12.1 Å². The first-order valence-electron chi connectivity index (χ1n) is 5.04. The molecule has 0 aliphatic rings. The number of carbonyl (C=O) groups excluding carboxylic acids is 1. The zero-order valence-electron chi connectivity index (χ0n) is 8.81. The van der Waals surface area contributed by atoms with Gasteiger partial charge in [-0.25, -0.2) is 0 Å². The number of nitrogens with one attached hydrogen (secondary N) is 1. The molecule has 0 fully saturated rings. The quantitative estimate of drug-likeness (QED) is 0.810. The van der Waals surface area contributed by atoms with E-state index in [0.717, 1.165) is 11.3 Å². The second-order valence-electron chi connectivity index (χ2n) is 3.52. The second kappa shape index (κ2) is 4.62. The number of amides is 1. The summed E-state index contributed by atoms with van der Waals surface area (Å²) in [6, 6.07) is 16.6. The lowest BCUT2D eigenvalue weighted by molar-refractivity contribution is 0.102. The molecule has 0 saturated carbocycles. The Hall–Kier alpha value is -2.09. The molecule has 16 heavy (non-hydrogen) atoms. The van der Waals surface area contributed by atoms with E-state index in [1.165, 1.54) is 0 Å². The van der Waals surface area contributed by atoms with Crippen molar-refractivity contribution in [1.29, 1.82) is 0 Å². The summed E-state index contributed by atoms with van der Waals surface area (Å²) < 4.78 is 0. The number of benzene rings is 2. The van der Waals surface area contributed by atoms with Crippen LogP contribution >= 0.6 is 0 Å². The van der Waals surface area contributed by atoms with Crippen LogP contribution in [0.2, 0.25) is 0 Å². The first-order chi connectivity index (χ1) is 7.75. The van der Waals surface area contributed by atoms with E-state index < -0.39 is 0 Å². The van der Waals surface area contributed by atoms with E-state index in [0.29, 0.717) is 5.56 Å². The van der Waals surface area contributed by atoms with Crippen LogP contribution < -0.4 is 5.32 Å². The fraction of sp³-hybridized carbons (Fsp3) is 0. The molecule has 0 aromatic heterocycles. The summed E-state index contributed by atoms with van der Waals surface area (Å²) in [6.45, 7) is 3.81. The molecule has 2 aromatic carbocycles. The summed E-state index contributed by atoms with van der Waals surface area (Å²) in [5, 5.41) is 2.82. The predicted octanol–water partition coefficient (Wildman–Crippen LogP) is 3.12. The monoisotopic (exact) mass is 210 g/mol. The van der Waals surface area contributed by atoms with Gasteiger partial charge in [0, 0.05) is 11.3 Å². The van der Waals surface area contributed by atoms with Crippen molar-refractivity contribution in [3.63, 3.8) is 0 Å². The van der Waals surface area contributed by atoms with Crippen molar-refractivity contribution in [2.24, 2.45) is 0 Å². The molecule has 0 heterocycles. The maximum absolute atomic E-state index is 11.8. The number of carbonyl (C=O) groups is 1. The SMILES string of the molecule is [CH2]c1cccc(NC(=O)c2ccccc2)c1. The molecule has 2 aromatic rings. The topological polar surface area (TPSA) is 29.1 Å². The third kappa shape index (κ3) is 2.48. The molecule has 0 bridgehead atoms. The van der Waals surface area contributed by atoms with E-state index in [9.17, 15) is 4.79 Å². The fourth-order valence-electron chi connectivity index (χ4n) is 1.44. The van der Waals surface area contributed by atoms with Crippen molar-refractivity contribution in [1.82, 2.24) is 0 Å². The average molecular weight is 210 g/mol. The highest BCUT2D eigenvalue weighted by atomic mass is 16.1. The Morgan fingerprint density at radius 1 is 1.00 bits per heavy atom. The van der Waals surface area contributed by atoms with E-state index in [2.05, 4.69) is 12.2 Å². The number of anilines is 1. The highest BCUT2D eigenvalue weighted by molar-refractivity contribution is 6.04. The number of hydrogen-bond acceptors (Lipinski definition) is 1. The normalized spacial score (nSPS) is 9.81. The molecule has 1 amide bonds. The van der Waals surface area contributed by atoms with Crippen LogP contribution in [0.25, 0.3) is 0 Å². The van der Waals surface area contributed by atoms with Crippen LogP contribution in [-0.4, -0.2) is 5.91 Å². The Bertz CT molecular complexity index is 491. The lowest BCUT2D eigenvalue weighted by atomic mass is 10.2. The summed E-state index contributed by atoms with van der Waals surface area (Å²) in [5.74, 6) is -0.105. The Morgan fingerprint density at radius 3 is 2.44 bits per heavy atom. The molecule has 1 N–H and O–H groups in total. The van der Waals surface area contributed by atoms with E-state index >= 15 is 0 Å². The third-order valence-electron chi connectivity index (χ3n) is 2.22. The Morgan fingerprint density at radius 2 is 1.75 bits per heavy atom. The van der Waals surface area contributed by atoms with Gasteiger partial charge in [0.05, 0.1) is 0 Å². The minimum Gasteiger partial charge on any atom is -0.322 e. The van der Waals surface area contributed by atoms with Gasteiger partial charge in [-0.15, -0.1) is 0 Å². The molecular weight excluding hydrogens is 198 g/mol. The first kappa shape index (κ1) is 10.4. The summed E-state index contributed by atoms with van der Waals surface area (Å²) >= 11 is 0. The minimum absolute atomic E-state index is 0.105. The van der Waals surface area contributed by atoms with Gasteiger partial charge in [0.15, 0.2) is 0 Å². The number of hydrogen-bond donors (Lipinski definition) is 1. The second-order valence-corrected chi connectivity index (χ2v) is 3.52. The van der Waals surface area contributed by atoms with Crippen LogP contribution in [0.4, 0.5) is 5.69 Å². The third-order valence-corrected chi connectivity index (χ3v) is 2.22. The number of rotatable bonds is 2. The molecule has 2 rings (SSSR count). The van der Waals surface area contributed by atoms with Crippen molar-refractivity contribution in [2.75, 3.05) is 5.32 Å². The van der Waals surface area contributed by atoms with Gasteiger partial charge in [-0.1, -0.05) is 30.3 Å². The van der Waals surface area contributed by atoms with Gasteiger partial charge in [0.25, 0.3) is 5.91 Å². The van der Waals surface area contributed by atoms with E-state index in [1.807, 2.05) is 42.5 Å². The molecule has 0 atom stereocenters. The summed E-state index contributed by atoms with van der Waals surface area (Å²) in [7, 11) is 0. The first-order valence-corrected chi connectivity index (χ1v) is 5.04. The van der Waals surface area contributed by atoms with Crippen LogP contribution in [0.15, 0.2) is 54.6 Å². The molecule has 79 valence electrons. The minimum atomic E-state index is -0.105. The average Bonchev–Trinajstić information content (AvgIpc) is 2.30. The van der Waals surface area contributed by atoms with E-state index in [4.69, 9.17) is 0 Å². The van der Waals surface area contributed by atoms with Gasteiger partial charge in [-0.3, -0.25) is 4.79 Å². The van der Waals surface area contributed by atoms with Crippen LogP contribution in [0, 0.1) is 6.92 Å². The molecule has 2 heteroatoms. The zero-order valence-corrected chi connectivity index (χ0v) is 8.81. The molecule has 0 spiro atoms. The van der Waals surface area contributed by atoms with Gasteiger partial charge in [0.1, 0.15) is 0 Å². The maximum atomic E-state index is 11.8. The van der Waals surface area contributed by atoms with Crippen molar-refractivity contribution in [2.45, 2.75) is 0 Å². The molecule has 0 aliphatic heterocycles. The summed E-state index contributed by atoms with van der Waals surface area (Å²) in [5.41, 5.74) is 2.30. The van der Waals surface area contributed by atoms with Crippen LogP contribution in [0.3, 0.4) is 0 Å². The Kier molecular flexibility index (Phi) is 3.01. The van der Waals surface area contributed by atoms with Crippen LogP contribution in [0.5, 0.6) is 0 Å². The van der Waals surface area contributed by atoms with Crippen molar-refractivity contribution in [3.8, 4) is 0 Å². The van der Waals surface area contributed by atoms with Crippen molar-refractivity contribution >= 4 is 11.6 Å². The molecule has 0 saturated heterocycles. The van der Waals surface area contributed by atoms with Gasteiger partial charge in [-0.05, 0) is 36.8 Å². The van der Waals surface area contributed by atoms with E-state index in [-0.39, 0.29) is 5.91 Å². The summed E-state index contributed by atoms with van der Waals surface area (Å²) in [4.78, 5) is 11.8. The Balaban J connectivity index is 2.14. The lowest BCUT2D eigenvalue weighted by Gasteiger charge is -2.05. The van der Waals surface area contributed by atoms with Gasteiger partial charge >= 0.3 is 0 Å². The van der Waals surface area contributed by atoms with Gasteiger partial charge < -0.3 is 5.32 Å². The van der Waals surface area contributed by atoms with Crippen molar-refractivity contribution in [3.05, 3.63) is 72.6 Å². The molecular formula is C14H12NO. The molecule has 2 nitrogen and oxygen atoms in total. The lowest BCUT2D eigenvalue weighted by Crippen LogP contribution is -2.11. The highest BCUT2D eigenvalue weighted by Gasteiger charge is 2.04. The predicted molar refractivity (Wildman–Crippen MR) is 65.3 cm³/mol. The maximum Gasteiger partial charge on any atom is 0.255 e. The van der Waals surface area contributed by atoms with Gasteiger partial charge in [0.2, 0.25) is 0 Å². The fourth-order valence-corrected chi connectivity index (χ4v) is 1.44. The molecule has 0 aliphatic carbocycles. The Labute approximate surface area is 94.9 Å². The molecule has 0 unspecified atom stereocenters. The molecule has 1 radical (unpaired) electrons. The standard InChI is InChI=1S/C14H12NO/c1-11-6-5-9-13(10-11)15-14(16)12-7-3-2-4-8-12/h2-10H,1H2,(H,15,16). The van der Waals surface area contributed by atoms with Crippen molar-refractivity contribution < 1.29 is 4.79 Å². The summed E-state index contributed by atoms with van der Waals surface area (Å²) in [6.07, 6.45) is 0. The largest absolute Gasteiger partial charge is 0.322 e.